The molecule has 0 spiro atoms. The molecule has 274 valence electrons. The van der Waals surface area contributed by atoms with Crippen LogP contribution >= 0.6 is 0 Å². The largest absolute Gasteiger partial charge is 0.333 e. The van der Waals surface area contributed by atoms with Crippen molar-refractivity contribution in [3.8, 4) is 5.69 Å². The van der Waals surface area contributed by atoms with Crippen LogP contribution in [0.4, 0.5) is 11.4 Å². The maximum Gasteiger partial charge on any atom is 0.179 e. The SMILES string of the molecule is C1=CC2c3cc(-n4c5ccccc5c5ccccc54)ccc3N(c3ccccc3)C2C2=C1Cc1c2cccc1[Si](c1ccccc1)(c1ccccc1)c1ccccc1. The van der Waals surface area contributed by atoms with Gasteiger partial charge in [-0.25, -0.2) is 0 Å². The number of anilines is 2. The first-order valence-electron chi connectivity index (χ1n) is 20.5. The molecule has 0 saturated carbocycles. The summed E-state index contributed by atoms with van der Waals surface area (Å²) in [5.41, 5.74) is 13.4. The molecule has 0 saturated heterocycles. The molecule has 9 aromatic rings. The zero-order valence-electron chi connectivity index (χ0n) is 32.0. The number of aromatic nitrogens is 1. The number of benzene rings is 8. The Morgan fingerprint density at radius 1 is 0.483 bits per heavy atom. The van der Waals surface area contributed by atoms with Gasteiger partial charge in [-0.15, -0.1) is 0 Å². The molecule has 2 nitrogen and oxygen atoms in total. The number of allylic oxidation sites excluding steroid dienone is 2. The Morgan fingerprint density at radius 3 is 1.64 bits per heavy atom. The molecular weight excluding hydrogens is 717 g/mol. The fourth-order valence-corrected chi connectivity index (χ4v) is 15.9. The molecule has 12 rings (SSSR count). The average molecular weight is 757 g/mol. The third-order valence-corrected chi connectivity index (χ3v) is 18.0. The lowest BCUT2D eigenvalue weighted by atomic mass is 9.82. The average Bonchev–Trinajstić information content (AvgIpc) is 3.96. The van der Waals surface area contributed by atoms with Crippen molar-refractivity contribution in [1.29, 1.82) is 0 Å². The molecule has 8 aromatic carbocycles. The molecule has 0 fully saturated rings. The van der Waals surface area contributed by atoms with Crippen molar-refractivity contribution >= 4 is 67.6 Å². The Morgan fingerprint density at radius 2 is 1.03 bits per heavy atom. The smallest absolute Gasteiger partial charge is 0.179 e. The zero-order chi connectivity index (χ0) is 38.2. The summed E-state index contributed by atoms with van der Waals surface area (Å²) in [5, 5.41) is 8.30. The lowest BCUT2D eigenvalue weighted by molar-refractivity contribution is 0.758. The minimum Gasteiger partial charge on any atom is -0.333 e. The van der Waals surface area contributed by atoms with Gasteiger partial charge in [0.05, 0.1) is 17.1 Å². The Hall–Kier alpha value is -6.94. The third-order valence-electron chi connectivity index (χ3n) is 13.1. The second-order valence-corrected chi connectivity index (χ2v) is 19.7. The number of nitrogens with zero attached hydrogens (tertiary/aromatic N) is 2. The number of hydrogen-bond acceptors (Lipinski definition) is 1. The van der Waals surface area contributed by atoms with Gasteiger partial charge in [0.25, 0.3) is 0 Å². The van der Waals surface area contributed by atoms with Crippen molar-refractivity contribution < 1.29 is 0 Å². The fourth-order valence-electron chi connectivity index (χ4n) is 10.8. The summed E-state index contributed by atoms with van der Waals surface area (Å²) < 4.78 is 2.46. The van der Waals surface area contributed by atoms with Crippen LogP contribution < -0.4 is 25.6 Å². The molecule has 0 radical (unpaired) electrons. The summed E-state index contributed by atoms with van der Waals surface area (Å²) in [6, 6.07) is 77.4. The van der Waals surface area contributed by atoms with Crippen LogP contribution in [0.15, 0.2) is 224 Å². The number of para-hydroxylation sites is 3. The van der Waals surface area contributed by atoms with E-state index in [9.17, 15) is 0 Å². The Labute approximate surface area is 340 Å². The quantitative estimate of drug-likeness (QED) is 0.121. The van der Waals surface area contributed by atoms with Crippen LogP contribution in [-0.4, -0.2) is 18.7 Å². The van der Waals surface area contributed by atoms with Crippen molar-refractivity contribution in [1.82, 2.24) is 4.57 Å². The number of fused-ring (bicyclic) bond motifs is 9. The predicted octanol–water partition coefficient (Wildman–Crippen LogP) is 10.3. The lowest BCUT2D eigenvalue weighted by Gasteiger charge is -2.36. The van der Waals surface area contributed by atoms with E-state index in [-0.39, 0.29) is 12.0 Å². The van der Waals surface area contributed by atoms with Gasteiger partial charge < -0.3 is 9.47 Å². The van der Waals surface area contributed by atoms with E-state index >= 15 is 0 Å². The Balaban J connectivity index is 1.07. The van der Waals surface area contributed by atoms with E-state index < -0.39 is 8.07 Å². The van der Waals surface area contributed by atoms with E-state index in [2.05, 4.69) is 228 Å². The van der Waals surface area contributed by atoms with Crippen LogP contribution in [0.2, 0.25) is 0 Å². The summed E-state index contributed by atoms with van der Waals surface area (Å²) in [4.78, 5) is 2.65. The monoisotopic (exact) mass is 756 g/mol. The molecule has 2 heterocycles. The Bertz CT molecular complexity index is 2940. The number of hydrogen-bond donors (Lipinski definition) is 0. The summed E-state index contributed by atoms with van der Waals surface area (Å²) in [6.45, 7) is 0. The van der Waals surface area contributed by atoms with E-state index in [1.165, 1.54) is 87.5 Å². The molecule has 0 N–H and O–H groups in total. The second kappa shape index (κ2) is 13.1. The fraction of sp³-hybridized carbons (Fsp3) is 0.0545. The van der Waals surface area contributed by atoms with E-state index in [0.29, 0.717) is 0 Å². The van der Waals surface area contributed by atoms with Crippen LogP contribution in [-0.2, 0) is 6.42 Å². The first kappa shape index (κ1) is 33.2. The molecule has 3 aliphatic rings. The van der Waals surface area contributed by atoms with Gasteiger partial charge in [-0.2, -0.15) is 0 Å². The van der Waals surface area contributed by atoms with Gasteiger partial charge in [0, 0.05) is 33.8 Å². The standard InChI is InChI=1S/C55H40N2Si/c1-5-18-39(19-6-1)57-52-35-33-40(56-50-29-15-13-26-44(50)45-27-14-16-30-51(45)56)37-48(52)47-34-32-38-36-49-46(54(38)55(47)57)28-17-31-53(49)58(41-20-7-2-8-21-41,42-22-9-3-10-23-42)43-24-11-4-12-25-43/h1-35,37,47,55H,36H2. The van der Waals surface area contributed by atoms with Gasteiger partial charge in [0.1, 0.15) is 0 Å². The summed E-state index contributed by atoms with van der Waals surface area (Å²) in [5.74, 6) is 0.191. The predicted molar refractivity (Wildman–Crippen MR) is 246 cm³/mol. The van der Waals surface area contributed by atoms with Crippen molar-refractivity contribution in [3.63, 3.8) is 0 Å². The molecule has 2 unspecified atom stereocenters. The van der Waals surface area contributed by atoms with E-state index in [0.717, 1.165) is 6.42 Å². The third kappa shape index (κ3) is 4.71. The molecule has 2 aliphatic carbocycles. The minimum absolute atomic E-state index is 0.128. The molecule has 2 atom stereocenters. The zero-order valence-corrected chi connectivity index (χ0v) is 33.0. The molecular formula is C55H40N2Si. The first-order chi connectivity index (χ1) is 28.8. The highest BCUT2D eigenvalue weighted by molar-refractivity contribution is 7.20. The molecule has 0 amide bonds. The number of rotatable bonds is 6. The van der Waals surface area contributed by atoms with E-state index in [1.54, 1.807) is 0 Å². The van der Waals surface area contributed by atoms with Crippen LogP contribution in [0.25, 0.3) is 33.1 Å². The molecule has 3 heteroatoms. The van der Waals surface area contributed by atoms with Crippen LogP contribution in [0.5, 0.6) is 0 Å². The van der Waals surface area contributed by atoms with Gasteiger partial charge in [0.2, 0.25) is 0 Å². The topological polar surface area (TPSA) is 8.17 Å². The maximum absolute atomic E-state index is 2.75. The van der Waals surface area contributed by atoms with Crippen molar-refractivity contribution in [2.45, 2.75) is 18.4 Å². The highest BCUT2D eigenvalue weighted by Crippen LogP contribution is 2.55. The molecule has 1 aromatic heterocycles. The van der Waals surface area contributed by atoms with Crippen molar-refractivity contribution in [2.24, 2.45) is 0 Å². The maximum atomic E-state index is 2.65. The van der Waals surface area contributed by atoms with Crippen LogP contribution in [0.1, 0.15) is 22.6 Å². The highest BCUT2D eigenvalue weighted by atomic mass is 28.3. The summed E-state index contributed by atoms with van der Waals surface area (Å²) >= 11 is 0. The second-order valence-electron chi connectivity index (χ2n) is 15.9. The highest BCUT2D eigenvalue weighted by Gasteiger charge is 2.48. The summed E-state index contributed by atoms with van der Waals surface area (Å²) in [6.07, 6.45) is 5.92. The normalized spacial score (nSPS) is 16.7. The van der Waals surface area contributed by atoms with Gasteiger partial charge in [-0.3, -0.25) is 0 Å². The van der Waals surface area contributed by atoms with Gasteiger partial charge >= 0.3 is 0 Å². The van der Waals surface area contributed by atoms with Gasteiger partial charge in [-0.05, 0) is 97.5 Å². The Kier molecular flexibility index (Phi) is 7.48. The van der Waals surface area contributed by atoms with Crippen LogP contribution in [0.3, 0.4) is 0 Å². The van der Waals surface area contributed by atoms with E-state index in [4.69, 9.17) is 0 Å². The van der Waals surface area contributed by atoms with Crippen molar-refractivity contribution in [2.75, 3.05) is 4.90 Å². The van der Waals surface area contributed by atoms with Gasteiger partial charge in [-0.1, -0.05) is 176 Å². The molecule has 1 aliphatic heterocycles. The minimum atomic E-state index is -2.75. The molecule has 58 heavy (non-hydrogen) atoms. The molecule has 0 bridgehead atoms. The van der Waals surface area contributed by atoms with Crippen molar-refractivity contribution in [3.05, 3.63) is 241 Å². The summed E-state index contributed by atoms with van der Waals surface area (Å²) in [7, 11) is -2.75. The first-order valence-corrected chi connectivity index (χ1v) is 22.5. The van der Waals surface area contributed by atoms with Gasteiger partial charge in [0.15, 0.2) is 8.07 Å². The van der Waals surface area contributed by atoms with Crippen LogP contribution in [0, 0.1) is 0 Å². The van der Waals surface area contributed by atoms with E-state index in [1.807, 2.05) is 0 Å². The lowest BCUT2D eigenvalue weighted by Crippen LogP contribution is -2.75.